The van der Waals surface area contributed by atoms with E-state index in [1.54, 1.807) is 12.1 Å². The minimum Gasteiger partial charge on any atom is -0.273 e. The molecule has 0 radical (unpaired) electrons. The van der Waals surface area contributed by atoms with Gasteiger partial charge in [-0.05, 0) is 37.1 Å². The molecule has 2 amide bonds. The zero-order valence-electron chi connectivity index (χ0n) is 11.7. The lowest BCUT2D eigenvalue weighted by molar-refractivity contribution is -0.131. The quantitative estimate of drug-likeness (QED) is 0.664. The van der Waals surface area contributed by atoms with Crippen LogP contribution in [0.4, 0.5) is 4.39 Å². The number of nitrogens with one attached hydrogen (secondary N) is 2. The first-order valence-corrected chi connectivity index (χ1v) is 8.11. The summed E-state index contributed by atoms with van der Waals surface area (Å²) in [5.74, 6) is -0.480. The molecule has 0 spiro atoms. The number of carbonyl (C=O) groups excluding carboxylic acids is 2. The van der Waals surface area contributed by atoms with E-state index in [-0.39, 0.29) is 29.3 Å². The normalized spacial score (nSPS) is 15.5. The van der Waals surface area contributed by atoms with Crippen molar-refractivity contribution in [1.82, 2.24) is 10.9 Å². The third kappa shape index (κ3) is 5.38. The van der Waals surface area contributed by atoms with Crippen LogP contribution in [-0.4, -0.2) is 17.6 Å². The lowest BCUT2D eigenvalue weighted by atomic mass is 9.89. The number of halogens is 1. The molecule has 6 heteroatoms. The van der Waals surface area contributed by atoms with Crippen LogP contribution in [0.2, 0.25) is 0 Å². The highest BCUT2D eigenvalue weighted by Gasteiger charge is 2.21. The van der Waals surface area contributed by atoms with Crippen molar-refractivity contribution in [2.45, 2.75) is 37.0 Å². The highest BCUT2D eigenvalue weighted by atomic mass is 32.2. The Morgan fingerprint density at radius 2 is 1.76 bits per heavy atom. The molecule has 0 bridgehead atoms. The Balaban J connectivity index is 1.67. The van der Waals surface area contributed by atoms with Gasteiger partial charge in [-0.2, -0.15) is 0 Å². The van der Waals surface area contributed by atoms with E-state index in [9.17, 15) is 14.0 Å². The van der Waals surface area contributed by atoms with Gasteiger partial charge in [-0.15, -0.1) is 11.8 Å². The van der Waals surface area contributed by atoms with Crippen LogP contribution < -0.4 is 10.9 Å². The summed E-state index contributed by atoms with van der Waals surface area (Å²) in [5.41, 5.74) is 4.91. The average Bonchev–Trinajstić information content (AvgIpc) is 2.53. The number of thioether (sulfide) groups is 1. The van der Waals surface area contributed by atoms with Crippen LogP contribution in [0.15, 0.2) is 29.2 Å². The van der Waals surface area contributed by atoms with E-state index in [4.69, 9.17) is 0 Å². The predicted octanol–water partition coefficient (Wildman–Crippen LogP) is 2.65. The van der Waals surface area contributed by atoms with Crippen molar-refractivity contribution in [3.05, 3.63) is 30.1 Å². The van der Waals surface area contributed by atoms with Gasteiger partial charge in [0.15, 0.2) is 0 Å². The summed E-state index contributed by atoms with van der Waals surface area (Å²) in [6.07, 6.45) is 5.13. The van der Waals surface area contributed by atoms with Crippen LogP contribution >= 0.6 is 11.8 Å². The Morgan fingerprint density at radius 1 is 1.10 bits per heavy atom. The maximum atomic E-state index is 12.7. The van der Waals surface area contributed by atoms with Gasteiger partial charge in [-0.25, -0.2) is 4.39 Å². The molecule has 21 heavy (non-hydrogen) atoms. The molecule has 1 aromatic rings. The molecule has 0 saturated heterocycles. The molecule has 1 fully saturated rings. The predicted molar refractivity (Wildman–Crippen MR) is 80.0 cm³/mol. The summed E-state index contributed by atoms with van der Waals surface area (Å²) >= 11 is 1.29. The first kappa shape index (κ1) is 15.8. The summed E-state index contributed by atoms with van der Waals surface area (Å²) in [4.78, 5) is 24.3. The summed E-state index contributed by atoms with van der Waals surface area (Å²) in [5, 5.41) is 0. The molecule has 0 aliphatic heterocycles. The van der Waals surface area contributed by atoms with Crippen LogP contribution in [0.1, 0.15) is 32.1 Å². The van der Waals surface area contributed by atoms with Gasteiger partial charge >= 0.3 is 0 Å². The van der Waals surface area contributed by atoms with Crippen LogP contribution in [-0.2, 0) is 9.59 Å². The Kier molecular flexibility index (Phi) is 6.04. The van der Waals surface area contributed by atoms with Gasteiger partial charge in [0.1, 0.15) is 5.82 Å². The third-order valence-corrected chi connectivity index (χ3v) is 4.50. The van der Waals surface area contributed by atoms with Gasteiger partial charge in [0, 0.05) is 10.8 Å². The van der Waals surface area contributed by atoms with Crippen molar-refractivity contribution in [2.24, 2.45) is 5.92 Å². The third-order valence-electron chi connectivity index (χ3n) is 3.48. The fourth-order valence-electron chi connectivity index (χ4n) is 2.31. The molecule has 0 heterocycles. The fourth-order valence-corrected chi connectivity index (χ4v) is 3.01. The lowest BCUT2D eigenvalue weighted by Gasteiger charge is -2.20. The molecular formula is C15H19FN2O2S. The molecule has 1 aliphatic carbocycles. The maximum absolute atomic E-state index is 12.7. The number of carbonyl (C=O) groups is 2. The standard InChI is InChI=1S/C15H19FN2O2S/c16-12-6-8-13(9-7-12)21-10-14(19)17-18-15(20)11-4-2-1-3-5-11/h6-9,11H,1-5,10H2,(H,17,19)(H,18,20). The summed E-state index contributed by atoms with van der Waals surface area (Å²) in [7, 11) is 0. The summed E-state index contributed by atoms with van der Waals surface area (Å²) < 4.78 is 12.7. The number of rotatable bonds is 4. The van der Waals surface area contributed by atoms with Crippen LogP contribution in [0.5, 0.6) is 0 Å². The second-order valence-corrected chi connectivity index (χ2v) is 6.16. The minimum absolute atomic E-state index is 0.0174. The second-order valence-electron chi connectivity index (χ2n) is 5.11. The highest BCUT2D eigenvalue weighted by Crippen LogP contribution is 2.23. The molecule has 0 aromatic heterocycles. The van der Waals surface area contributed by atoms with Crippen molar-refractivity contribution in [1.29, 1.82) is 0 Å². The average molecular weight is 310 g/mol. The van der Waals surface area contributed by atoms with Crippen LogP contribution in [0, 0.1) is 11.7 Å². The second kappa shape index (κ2) is 8.02. The molecule has 4 nitrogen and oxygen atoms in total. The Bertz CT molecular complexity index is 487. The van der Waals surface area contributed by atoms with Gasteiger partial charge in [0.05, 0.1) is 5.75 Å². The van der Waals surface area contributed by atoms with Crippen molar-refractivity contribution < 1.29 is 14.0 Å². The molecule has 0 atom stereocenters. The number of hydrogen-bond acceptors (Lipinski definition) is 3. The molecule has 0 unspecified atom stereocenters. The largest absolute Gasteiger partial charge is 0.273 e. The van der Waals surface area contributed by atoms with Crippen LogP contribution in [0.3, 0.4) is 0 Å². The smallest absolute Gasteiger partial charge is 0.248 e. The number of amides is 2. The van der Waals surface area contributed by atoms with E-state index in [0.717, 1.165) is 30.6 Å². The van der Waals surface area contributed by atoms with E-state index in [2.05, 4.69) is 10.9 Å². The Hall–Kier alpha value is -1.56. The zero-order chi connectivity index (χ0) is 15.1. The summed E-state index contributed by atoms with van der Waals surface area (Å²) in [6.45, 7) is 0. The number of hydrogen-bond donors (Lipinski definition) is 2. The van der Waals surface area contributed by atoms with E-state index in [0.29, 0.717) is 0 Å². The molecule has 114 valence electrons. The van der Waals surface area contributed by atoms with Gasteiger partial charge < -0.3 is 0 Å². The molecule has 2 rings (SSSR count). The Labute approximate surface area is 127 Å². The van der Waals surface area contributed by atoms with Gasteiger partial charge in [0.25, 0.3) is 0 Å². The maximum Gasteiger partial charge on any atom is 0.248 e. The molecule has 1 aromatic carbocycles. The first-order chi connectivity index (χ1) is 10.1. The van der Waals surface area contributed by atoms with Gasteiger partial charge in [-0.3, -0.25) is 20.4 Å². The number of hydrazine groups is 1. The molecular weight excluding hydrogens is 291 g/mol. The monoisotopic (exact) mass is 310 g/mol. The van der Waals surface area contributed by atoms with Crippen molar-refractivity contribution in [3.63, 3.8) is 0 Å². The zero-order valence-corrected chi connectivity index (χ0v) is 12.5. The fraction of sp³-hybridized carbons (Fsp3) is 0.467. The van der Waals surface area contributed by atoms with Crippen molar-refractivity contribution in [2.75, 3.05) is 5.75 Å². The summed E-state index contributed by atoms with van der Waals surface area (Å²) in [6, 6.07) is 5.94. The first-order valence-electron chi connectivity index (χ1n) is 7.12. The highest BCUT2D eigenvalue weighted by molar-refractivity contribution is 8.00. The Morgan fingerprint density at radius 3 is 2.43 bits per heavy atom. The van der Waals surface area contributed by atoms with Crippen molar-refractivity contribution in [3.8, 4) is 0 Å². The van der Waals surface area contributed by atoms with E-state index >= 15 is 0 Å². The van der Waals surface area contributed by atoms with E-state index in [1.807, 2.05) is 0 Å². The van der Waals surface area contributed by atoms with E-state index in [1.165, 1.54) is 30.3 Å². The molecule has 2 N–H and O–H groups in total. The lowest BCUT2D eigenvalue weighted by Crippen LogP contribution is -2.45. The minimum atomic E-state index is -0.302. The molecule has 1 saturated carbocycles. The van der Waals surface area contributed by atoms with E-state index < -0.39 is 0 Å². The SMILES string of the molecule is O=C(CSc1ccc(F)cc1)NNC(=O)C1CCCCC1. The van der Waals surface area contributed by atoms with Gasteiger partial charge in [0.2, 0.25) is 11.8 Å². The molecule has 1 aliphatic rings. The van der Waals surface area contributed by atoms with Crippen LogP contribution in [0.25, 0.3) is 0 Å². The topological polar surface area (TPSA) is 58.2 Å². The number of benzene rings is 1. The van der Waals surface area contributed by atoms with Crippen molar-refractivity contribution >= 4 is 23.6 Å². The van der Waals surface area contributed by atoms with Gasteiger partial charge in [-0.1, -0.05) is 19.3 Å².